The van der Waals surface area contributed by atoms with Crippen LogP contribution in [0.25, 0.3) is 0 Å². The molecule has 1 atom stereocenters. The van der Waals surface area contributed by atoms with Crippen LogP contribution in [0.15, 0.2) is 36.1 Å². The Morgan fingerprint density at radius 1 is 1.35 bits per heavy atom. The van der Waals surface area contributed by atoms with Crippen LogP contribution in [0.5, 0.6) is 0 Å². The number of ketones is 1. The summed E-state index contributed by atoms with van der Waals surface area (Å²) in [5.41, 5.74) is 1.69. The SMILES string of the molecule is C=C/C(C)=C\C=C(/C)N1C[C@]2(OCCCC2=O)OC1=O. The smallest absolute Gasteiger partial charge is 0.407 e. The standard InChI is InChI=1S/C15H19NO4/c1-4-11(2)7-8-12(3)16-10-15(20-14(16)18)13(17)6-5-9-19-15/h4,7-8H,1,5-6,9-10H2,2-3H3/b11-7-,12-8+/t15-/m0/s1. The molecule has 2 aliphatic rings. The van der Waals surface area contributed by atoms with Crippen molar-refractivity contribution in [3.63, 3.8) is 0 Å². The molecule has 0 aromatic rings. The Labute approximate surface area is 118 Å². The van der Waals surface area contributed by atoms with Gasteiger partial charge < -0.3 is 9.47 Å². The lowest BCUT2D eigenvalue weighted by atomic mass is 10.0. The van der Waals surface area contributed by atoms with Gasteiger partial charge in [0.05, 0.1) is 6.61 Å². The summed E-state index contributed by atoms with van der Waals surface area (Å²) in [6, 6.07) is 0. The molecule has 1 amide bonds. The predicted molar refractivity (Wildman–Crippen MR) is 73.8 cm³/mol. The first kappa shape index (κ1) is 14.5. The number of hydrogen-bond donors (Lipinski definition) is 0. The first-order valence-electron chi connectivity index (χ1n) is 6.64. The predicted octanol–water partition coefficient (Wildman–Crippen LogP) is 2.55. The third-order valence-electron chi connectivity index (χ3n) is 3.48. The third-order valence-corrected chi connectivity index (χ3v) is 3.48. The summed E-state index contributed by atoms with van der Waals surface area (Å²) >= 11 is 0. The minimum absolute atomic E-state index is 0.119. The van der Waals surface area contributed by atoms with Crippen molar-refractivity contribution >= 4 is 11.9 Å². The number of amides is 1. The van der Waals surface area contributed by atoms with Crippen molar-refractivity contribution in [2.24, 2.45) is 0 Å². The van der Waals surface area contributed by atoms with E-state index in [2.05, 4.69) is 6.58 Å². The molecule has 5 nitrogen and oxygen atoms in total. The van der Waals surface area contributed by atoms with E-state index in [0.29, 0.717) is 25.1 Å². The van der Waals surface area contributed by atoms with Gasteiger partial charge in [-0.25, -0.2) is 4.79 Å². The van der Waals surface area contributed by atoms with Crippen molar-refractivity contribution in [3.8, 4) is 0 Å². The van der Waals surface area contributed by atoms with Gasteiger partial charge in [0.1, 0.15) is 6.54 Å². The first-order valence-corrected chi connectivity index (χ1v) is 6.64. The molecule has 0 aromatic heterocycles. The van der Waals surface area contributed by atoms with Crippen LogP contribution < -0.4 is 0 Å². The van der Waals surface area contributed by atoms with Gasteiger partial charge in [0.25, 0.3) is 5.79 Å². The van der Waals surface area contributed by atoms with Crippen molar-refractivity contribution in [2.75, 3.05) is 13.2 Å². The van der Waals surface area contributed by atoms with Gasteiger partial charge in [0.2, 0.25) is 5.78 Å². The second-order valence-corrected chi connectivity index (χ2v) is 5.01. The molecule has 20 heavy (non-hydrogen) atoms. The number of Topliss-reactive ketones (excluding diaryl/α,β-unsaturated/α-hetero) is 1. The highest BCUT2D eigenvalue weighted by atomic mass is 16.7. The molecule has 0 aliphatic carbocycles. The molecule has 0 unspecified atom stereocenters. The molecule has 2 fully saturated rings. The Balaban J connectivity index is 2.17. The molecule has 0 radical (unpaired) electrons. The lowest BCUT2D eigenvalue weighted by Crippen LogP contribution is -2.48. The van der Waals surface area contributed by atoms with Gasteiger partial charge in [-0.15, -0.1) is 0 Å². The van der Waals surface area contributed by atoms with E-state index in [4.69, 9.17) is 9.47 Å². The Morgan fingerprint density at radius 2 is 2.10 bits per heavy atom. The maximum absolute atomic E-state index is 12.0. The summed E-state index contributed by atoms with van der Waals surface area (Å²) in [5, 5.41) is 0. The molecule has 2 rings (SSSR count). The molecule has 0 aromatic carbocycles. The van der Waals surface area contributed by atoms with Crippen molar-refractivity contribution < 1.29 is 19.1 Å². The van der Waals surface area contributed by atoms with Gasteiger partial charge >= 0.3 is 6.09 Å². The molecule has 2 heterocycles. The molecule has 108 valence electrons. The number of hydrogen-bond acceptors (Lipinski definition) is 4. The van der Waals surface area contributed by atoms with Crippen LogP contribution in [-0.4, -0.2) is 35.7 Å². The van der Waals surface area contributed by atoms with E-state index in [1.807, 2.05) is 13.0 Å². The summed E-state index contributed by atoms with van der Waals surface area (Å²) in [6.07, 6.45) is 5.89. The van der Waals surface area contributed by atoms with E-state index in [1.54, 1.807) is 19.1 Å². The van der Waals surface area contributed by atoms with Crippen LogP contribution >= 0.6 is 0 Å². The molecule has 0 bridgehead atoms. The van der Waals surface area contributed by atoms with Crippen LogP contribution in [0.3, 0.4) is 0 Å². The van der Waals surface area contributed by atoms with Crippen molar-refractivity contribution in [1.82, 2.24) is 4.90 Å². The van der Waals surface area contributed by atoms with Crippen molar-refractivity contribution in [2.45, 2.75) is 32.5 Å². The highest BCUT2D eigenvalue weighted by molar-refractivity contribution is 5.91. The largest absolute Gasteiger partial charge is 0.417 e. The summed E-state index contributed by atoms with van der Waals surface area (Å²) in [5.74, 6) is -1.56. The Morgan fingerprint density at radius 3 is 2.75 bits per heavy atom. The highest BCUT2D eigenvalue weighted by Gasteiger charge is 2.53. The monoisotopic (exact) mass is 277 g/mol. The zero-order valence-corrected chi connectivity index (χ0v) is 11.8. The first-order chi connectivity index (χ1) is 9.48. The van der Waals surface area contributed by atoms with E-state index in [9.17, 15) is 9.59 Å². The van der Waals surface area contributed by atoms with Crippen LogP contribution in [0.1, 0.15) is 26.7 Å². The number of nitrogens with zero attached hydrogens (tertiary/aromatic N) is 1. The second-order valence-electron chi connectivity index (χ2n) is 5.01. The van der Waals surface area contributed by atoms with Gasteiger partial charge in [-0.05, 0) is 26.3 Å². The molecule has 2 aliphatic heterocycles. The lowest BCUT2D eigenvalue weighted by molar-refractivity contribution is -0.200. The normalized spacial score (nSPS) is 28.0. The van der Waals surface area contributed by atoms with Gasteiger partial charge in [0, 0.05) is 12.1 Å². The van der Waals surface area contributed by atoms with Crippen LogP contribution in [-0.2, 0) is 14.3 Å². The fraction of sp³-hybridized carbons (Fsp3) is 0.467. The number of allylic oxidation sites excluding steroid dienone is 5. The van der Waals surface area contributed by atoms with Crippen molar-refractivity contribution in [3.05, 3.63) is 36.1 Å². The third kappa shape index (κ3) is 2.67. The fourth-order valence-electron chi connectivity index (χ4n) is 2.14. The van der Waals surface area contributed by atoms with Crippen molar-refractivity contribution in [1.29, 1.82) is 0 Å². The molecule has 5 heteroatoms. The highest BCUT2D eigenvalue weighted by Crippen LogP contribution is 2.32. The fourth-order valence-corrected chi connectivity index (χ4v) is 2.14. The number of carbonyl (C=O) groups is 2. The average molecular weight is 277 g/mol. The summed E-state index contributed by atoms with van der Waals surface area (Å²) in [4.78, 5) is 25.3. The summed E-state index contributed by atoms with van der Waals surface area (Å²) in [6.45, 7) is 7.92. The average Bonchev–Trinajstić information content (AvgIpc) is 2.77. The summed E-state index contributed by atoms with van der Waals surface area (Å²) < 4.78 is 10.6. The van der Waals surface area contributed by atoms with Crippen LogP contribution in [0.4, 0.5) is 4.79 Å². The van der Waals surface area contributed by atoms with E-state index < -0.39 is 11.9 Å². The Kier molecular flexibility index (Phi) is 4.09. The van der Waals surface area contributed by atoms with E-state index in [0.717, 1.165) is 5.57 Å². The number of ether oxygens (including phenoxy) is 2. The van der Waals surface area contributed by atoms with Gasteiger partial charge in [0.15, 0.2) is 0 Å². The second kappa shape index (κ2) is 5.63. The number of carbonyl (C=O) groups excluding carboxylic acids is 2. The molecular weight excluding hydrogens is 258 g/mol. The zero-order valence-electron chi connectivity index (χ0n) is 11.8. The van der Waals surface area contributed by atoms with E-state index in [1.165, 1.54) is 4.90 Å². The summed E-state index contributed by atoms with van der Waals surface area (Å²) in [7, 11) is 0. The Bertz CT molecular complexity index is 506. The number of rotatable bonds is 3. The molecule has 1 spiro atoms. The van der Waals surface area contributed by atoms with Gasteiger partial charge in [-0.2, -0.15) is 0 Å². The maximum atomic E-state index is 12.0. The van der Waals surface area contributed by atoms with E-state index >= 15 is 0 Å². The topological polar surface area (TPSA) is 55.8 Å². The van der Waals surface area contributed by atoms with Gasteiger partial charge in [-0.3, -0.25) is 9.69 Å². The maximum Gasteiger partial charge on any atom is 0.417 e. The van der Waals surface area contributed by atoms with Crippen LogP contribution in [0.2, 0.25) is 0 Å². The minimum atomic E-state index is -1.40. The molecule has 0 saturated carbocycles. The molecule has 2 saturated heterocycles. The van der Waals surface area contributed by atoms with E-state index in [-0.39, 0.29) is 12.3 Å². The molecule has 0 N–H and O–H groups in total. The Hall–Kier alpha value is -1.88. The lowest BCUT2D eigenvalue weighted by Gasteiger charge is -2.29. The quantitative estimate of drug-likeness (QED) is 0.744. The van der Waals surface area contributed by atoms with Gasteiger partial charge in [-0.1, -0.05) is 24.3 Å². The molecular formula is C15H19NO4. The van der Waals surface area contributed by atoms with Crippen LogP contribution in [0, 0.1) is 0 Å². The minimum Gasteiger partial charge on any atom is -0.407 e. The zero-order chi connectivity index (χ0) is 14.8.